The van der Waals surface area contributed by atoms with Crippen LogP contribution in [0.25, 0.3) is 5.76 Å². The lowest BCUT2D eigenvalue weighted by molar-refractivity contribution is -0.386. The molecule has 0 unspecified atom stereocenters. The molecule has 3 N–H and O–H groups in total. The van der Waals surface area contributed by atoms with Crippen LogP contribution >= 0.6 is 0 Å². The van der Waals surface area contributed by atoms with Gasteiger partial charge in [0, 0.05) is 17.1 Å². The summed E-state index contributed by atoms with van der Waals surface area (Å²) in [6.07, 6.45) is -6.00. The molecule has 3 aliphatic rings. The van der Waals surface area contributed by atoms with Crippen molar-refractivity contribution < 1.29 is 57.0 Å². The summed E-state index contributed by atoms with van der Waals surface area (Å²) in [5.41, 5.74) is -5.51. The van der Waals surface area contributed by atoms with E-state index in [1.54, 1.807) is 49.3 Å². The van der Waals surface area contributed by atoms with Crippen molar-refractivity contribution in [2.75, 3.05) is 14.1 Å². The lowest BCUT2D eigenvalue weighted by Gasteiger charge is -2.49. The number of hydrogen-bond donors (Lipinski definition) is 3. The number of fused-ring (bicyclic) bond motifs is 4. The minimum atomic E-state index is -5.30. The summed E-state index contributed by atoms with van der Waals surface area (Å²) in [7, 11) is 3.18. The fourth-order valence-electron chi connectivity index (χ4n) is 6.63. The zero-order valence-corrected chi connectivity index (χ0v) is 23.5. The number of aliphatic hydroxyl groups excluding tert-OH is 1. The number of rotatable bonds is 6. The highest BCUT2D eigenvalue weighted by Gasteiger charge is 2.65. The number of phenols is 1. The molecule has 0 spiro atoms. The van der Waals surface area contributed by atoms with Gasteiger partial charge in [0.15, 0.2) is 11.4 Å². The Morgan fingerprint density at radius 2 is 1.84 bits per heavy atom. The van der Waals surface area contributed by atoms with Crippen molar-refractivity contribution in [2.45, 2.75) is 37.5 Å². The Hall–Kier alpha value is -4.96. The maximum Gasteiger partial charge on any atom is 0.573 e. The smallest absolute Gasteiger partial charge is 0.507 e. The molecule has 0 bridgehead atoms. The zero-order valence-electron chi connectivity index (χ0n) is 23.5. The Bertz CT molecular complexity index is 1790. The number of alkyl halides is 3. The third kappa shape index (κ3) is 4.59. The molecule has 3 aliphatic carbocycles. The minimum Gasteiger partial charge on any atom is -0.507 e. The van der Waals surface area contributed by atoms with Crippen molar-refractivity contribution in [3.05, 3.63) is 80.1 Å². The number of carbonyl (C=O) groups is 2. The molecule has 0 aliphatic heterocycles. The molecule has 45 heavy (non-hydrogen) atoms. The largest absolute Gasteiger partial charge is 0.573 e. The molecule has 236 valence electrons. The molecule has 1 saturated carbocycles. The van der Waals surface area contributed by atoms with Crippen LogP contribution in [0.3, 0.4) is 0 Å². The molecular formula is C29H24F3N3O10. The fraction of sp³-hybridized carbons (Fsp3) is 0.345. The molecule has 16 heteroatoms. The monoisotopic (exact) mass is 631 g/mol. The molecular weight excluding hydrogens is 607 g/mol. The Morgan fingerprint density at radius 1 is 1.16 bits per heavy atom. The fourth-order valence-corrected chi connectivity index (χ4v) is 6.63. The van der Waals surface area contributed by atoms with Gasteiger partial charge in [-0.15, -0.1) is 13.2 Å². The number of carbonyl (C=O) groups excluding carboxylic acids is 2. The van der Waals surface area contributed by atoms with Crippen LogP contribution < -0.4 is 9.47 Å². The number of aromatic hydroxyl groups is 1. The first-order valence-corrected chi connectivity index (χ1v) is 13.5. The molecule has 1 aromatic heterocycles. The highest BCUT2D eigenvalue weighted by atomic mass is 19.4. The van der Waals surface area contributed by atoms with Crippen LogP contribution in [0.15, 0.2) is 46.5 Å². The van der Waals surface area contributed by atoms with Crippen LogP contribution in [0, 0.1) is 22.0 Å². The summed E-state index contributed by atoms with van der Waals surface area (Å²) >= 11 is 0. The number of nitro groups is 1. The van der Waals surface area contributed by atoms with Gasteiger partial charge in [0.1, 0.15) is 23.7 Å². The number of Topliss-reactive ketones (excluding diaryl/α,β-unsaturated/α-hetero) is 2. The summed E-state index contributed by atoms with van der Waals surface area (Å²) in [5, 5.41) is 49.4. The van der Waals surface area contributed by atoms with Crippen LogP contribution in [0.4, 0.5) is 18.9 Å². The van der Waals surface area contributed by atoms with Crippen LogP contribution in [0.2, 0.25) is 0 Å². The maximum atomic E-state index is 14.2. The van der Waals surface area contributed by atoms with Crippen molar-refractivity contribution in [1.29, 1.82) is 0 Å². The van der Waals surface area contributed by atoms with E-state index in [-0.39, 0.29) is 30.2 Å². The van der Waals surface area contributed by atoms with E-state index in [4.69, 9.17) is 9.26 Å². The topological polar surface area (TPSA) is 186 Å². The van der Waals surface area contributed by atoms with Gasteiger partial charge in [0.2, 0.25) is 17.3 Å². The van der Waals surface area contributed by atoms with Gasteiger partial charge in [0.05, 0.1) is 22.6 Å². The zero-order chi connectivity index (χ0) is 32.6. The second kappa shape index (κ2) is 10.3. The molecule has 0 radical (unpaired) electrons. The van der Waals surface area contributed by atoms with E-state index in [1.807, 2.05) is 0 Å². The molecule has 0 saturated heterocycles. The van der Waals surface area contributed by atoms with Gasteiger partial charge in [-0.05, 0) is 43.6 Å². The minimum absolute atomic E-state index is 0.00207. The van der Waals surface area contributed by atoms with Gasteiger partial charge < -0.3 is 29.3 Å². The van der Waals surface area contributed by atoms with Gasteiger partial charge in [-0.25, -0.2) is 0 Å². The van der Waals surface area contributed by atoms with Gasteiger partial charge in [-0.2, -0.15) is 0 Å². The maximum absolute atomic E-state index is 14.2. The van der Waals surface area contributed by atoms with Crippen LogP contribution in [0.5, 0.6) is 17.4 Å². The first kappa shape index (κ1) is 30.1. The Balaban J connectivity index is 1.49. The second-order valence-electron chi connectivity index (χ2n) is 11.2. The van der Waals surface area contributed by atoms with E-state index in [2.05, 4.69) is 9.89 Å². The number of ketones is 2. The number of aromatic nitrogens is 1. The van der Waals surface area contributed by atoms with Crippen LogP contribution in [0.1, 0.15) is 45.3 Å². The third-order valence-electron chi connectivity index (χ3n) is 8.47. The Morgan fingerprint density at radius 3 is 2.47 bits per heavy atom. The summed E-state index contributed by atoms with van der Waals surface area (Å²) in [5.74, 6) is -8.43. The van der Waals surface area contributed by atoms with E-state index in [1.165, 1.54) is 0 Å². The van der Waals surface area contributed by atoms with Crippen molar-refractivity contribution in [1.82, 2.24) is 10.1 Å². The van der Waals surface area contributed by atoms with Crippen LogP contribution in [-0.2, 0) is 17.8 Å². The predicted molar refractivity (Wildman–Crippen MR) is 144 cm³/mol. The molecule has 4 atom stereocenters. The molecule has 0 amide bonds. The van der Waals surface area contributed by atoms with Crippen molar-refractivity contribution in [3.63, 3.8) is 0 Å². The number of aliphatic hydroxyl groups is 2. The summed E-state index contributed by atoms with van der Waals surface area (Å²) in [6.45, 7) is -0.0410. The first-order chi connectivity index (χ1) is 21.1. The normalized spacial score (nSPS) is 24.1. The van der Waals surface area contributed by atoms with Gasteiger partial charge >= 0.3 is 12.0 Å². The summed E-state index contributed by atoms with van der Waals surface area (Å²) < 4.78 is 55.2. The summed E-state index contributed by atoms with van der Waals surface area (Å²) in [6, 6.07) is 8.25. The SMILES string of the molecule is CN(C)[C@@H]1c2onc(OCc3ccccc3)c2C(=O)[C@@]2(O)C(=O)C3=C(O)c4c(O)c([N+](=O)[O-])cc(OC(F)(F)F)c4C[C@H]3C[C@@H]12. The number of nitrogens with zero attached hydrogens (tertiary/aromatic N) is 3. The second-order valence-corrected chi connectivity index (χ2v) is 11.2. The summed E-state index contributed by atoms with van der Waals surface area (Å²) in [4.78, 5) is 40.1. The Labute approximate surface area is 251 Å². The number of hydrogen-bond acceptors (Lipinski definition) is 12. The highest BCUT2D eigenvalue weighted by molar-refractivity contribution is 6.26. The molecule has 1 heterocycles. The average Bonchev–Trinajstić information content (AvgIpc) is 3.38. The van der Waals surface area contributed by atoms with Crippen molar-refractivity contribution in [3.8, 4) is 17.4 Å². The van der Waals surface area contributed by atoms with E-state index >= 15 is 0 Å². The van der Waals surface area contributed by atoms with E-state index in [0.29, 0.717) is 11.6 Å². The van der Waals surface area contributed by atoms with Gasteiger partial charge in [0.25, 0.3) is 5.88 Å². The lowest BCUT2D eigenvalue weighted by Crippen LogP contribution is -2.63. The highest BCUT2D eigenvalue weighted by Crippen LogP contribution is 2.57. The number of ether oxygens (including phenoxy) is 2. The number of phenolic OH excluding ortho intramolecular Hbond substituents is 1. The van der Waals surface area contributed by atoms with Crippen LogP contribution in [-0.4, -0.2) is 67.9 Å². The first-order valence-electron chi connectivity index (χ1n) is 13.5. The molecule has 3 aromatic rings. The average molecular weight is 632 g/mol. The molecule has 2 aromatic carbocycles. The van der Waals surface area contributed by atoms with Gasteiger partial charge in [-0.1, -0.05) is 30.3 Å². The van der Waals surface area contributed by atoms with Crippen molar-refractivity contribution >= 4 is 23.0 Å². The third-order valence-corrected chi connectivity index (χ3v) is 8.47. The quantitative estimate of drug-likeness (QED) is 0.202. The lowest BCUT2D eigenvalue weighted by atomic mass is 9.57. The van der Waals surface area contributed by atoms with Crippen molar-refractivity contribution in [2.24, 2.45) is 11.8 Å². The van der Waals surface area contributed by atoms with E-state index in [9.17, 15) is 48.2 Å². The van der Waals surface area contributed by atoms with Gasteiger partial charge in [-0.3, -0.25) is 24.6 Å². The number of benzene rings is 2. The Kier molecular flexibility index (Phi) is 6.89. The van der Waals surface area contributed by atoms with E-state index < -0.39 is 92.4 Å². The standard InChI is InChI=1S/C29H24F3N3O10/c1-34(2)21-15-9-13-8-14-17(44-29(30,31)32)10-16(35(41)42)22(36)19(14)23(37)18(13)25(38)28(15,40)26(39)20-24(21)45-33-27(20)43-11-12-6-4-3-5-7-12/h3-7,10,13,15,21,36-37,40H,8-9,11H2,1-2H3/t13-,15-,21-,28-/m0/s1. The number of halogens is 3. The van der Waals surface area contributed by atoms with E-state index in [0.717, 1.165) is 0 Å². The molecule has 1 fully saturated rings. The predicted octanol–water partition coefficient (Wildman–Crippen LogP) is 4.03. The molecule has 13 nitrogen and oxygen atoms in total. The number of nitro benzene ring substituents is 1. The molecule has 6 rings (SSSR count).